The molecule has 0 heterocycles. The summed E-state index contributed by atoms with van der Waals surface area (Å²) in [7, 11) is 0. The lowest BCUT2D eigenvalue weighted by atomic mass is 10.0. The van der Waals surface area contributed by atoms with Crippen molar-refractivity contribution >= 4 is 17.8 Å². The molecular formula is C15H22N4O4. The maximum Gasteiger partial charge on any atom is 0.312 e. The van der Waals surface area contributed by atoms with E-state index >= 15 is 0 Å². The zero-order valence-corrected chi connectivity index (χ0v) is 13.4. The highest BCUT2D eigenvalue weighted by Crippen LogP contribution is 2.15. The van der Waals surface area contributed by atoms with E-state index in [-0.39, 0.29) is 12.5 Å². The van der Waals surface area contributed by atoms with Gasteiger partial charge in [-0.1, -0.05) is 32.0 Å². The number of para-hydroxylation sites is 1. The number of hydrazine groups is 1. The van der Waals surface area contributed by atoms with E-state index < -0.39 is 23.9 Å². The Morgan fingerprint density at radius 2 is 1.83 bits per heavy atom. The quantitative estimate of drug-likeness (QED) is 0.559. The minimum absolute atomic E-state index is 0.192. The van der Waals surface area contributed by atoms with E-state index in [0.717, 1.165) is 5.56 Å². The monoisotopic (exact) mass is 322 g/mol. The van der Waals surface area contributed by atoms with Crippen LogP contribution < -0.4 is 26.6 Å². The van der Waals surface area contributed by atoms with Gasteiger partial charge < -0.3 is 15.8 Å². The molecule has 23 heavy (non-hydrogen) atoms. The molecule has 1 rings (SSSR count). The van der Waals surface area contributed by atoms with Crippen LogP contribution in [0.1, 0.15) is 19.4 Å². The Hall–Kier alpha value is -2.77. The molecule has 8 nitrogen and oxygen atoms in total. The van der Waals surface area contributed by atoms with Crippen LogP contribution in [-0.2, 0) is 9.59 Å². The Morgan fingerprint density at radius 1 is 1.17 bits per heavy atom. The number of amides is 4. The zero-order chi connectivity index (χ0) is 17.4. The number of carbonyl (C=O) groups is 3. The van der Waals surface area contributed by atoms with Gasteiger partial charge in [0.25, 0.3) is 11.8 Å². The van der Waals surface area contributed by atoms with Gasteiger partial charge in [-0.25, -0.2) is 4.79 Å². The van der Waals surface area contributed by atoms with Crippen molar-refractivity contribution in [1.29, 1.82) is 0 Å². The fraction of sp³-hybridized carbons (Fsp3) is 0.400. The first-order valence-corrected chi connectivity index (χ1v) is 7.14. The number of rotatable bonds is 6. The fourth-order valence-electron chi connectivity index (χ4n) is 1.80. The number of nitrogens with two attached hydrogens (primary N) is 1. The molecule has 0 aromatic heterocycles. The molecule has 0 fully saturated rings. The van der Waals surface area contributed by atoms with Crippen molar-refractivity contribution in [3.8, 4) is 5.75 Å². The summed E-state index contributed by atoms with van der Waals surface area (Å²) >= 11 is 0. The van der Waals surface area contributed by atoms with Crippen molar-refractivity contribution in [2.75, 3.05) is 6.61 Å². The number of primary amides is 1. The van der Waals surface area contributed by atoms with E-state index in [1.807, 2.05) is 19.1 Å². The molecule has 126 valence electrons. The Balaban J connectivity index is 2.44. The number of urea groups is 1. The summed E-state index contributed by atoms with van der Waals surface area (Å²) in [6.07, 6.45) is 0. The van der Waals surface area contributed by atoms with Gasteiger partial charge in [0.15, 0.2) is 6.61 Å². The Kier molecular flexibility index (Phi) is 6.85. The minimum Gasteiger partial charge on any atom is -0.483 e. The number of hydrogen-bond acceptors (Lipinski definition) is 4. The van der Waals surface area contributed by atoms with Gasteiger partial charge in [-0.2, -0.15) is 0 Å². The molecule has 0 saturated heterocycles. The second-order valence-electron chi connectivity index (χ2n) is 5.32. The molecule has 4 amide bonds. The van der Waals surface area contributed by atoms with Crippen LogP contribution in [-0.4, -0.2) is 30.5 Å². The SMILES string of the molecule is Cc1ccccc1OCC(=O)NNC(=O)[C@@H](NC(N)=O)C(C)C. The van der Waals surface area contributed by atoms with Crippen LogP contribution in [0.3, 0.4) is 0 Å². The first-order valence-electron chi connectivity index (χ1n) is 7.14. The molecule has 0 aliphatic carbocycles. The van der Waals surface area contributed by atoms with Crippen LogP contribution in [0.15, 0.2) is 24.3 Å². The van der Waals surface area contributed by atoms with E-state index in [2.05, 4.69) is 16.2 Å². The third-order valence-corrected chi connectivity index (χ3v) is 3.02. The largest absolute Gasteiger partial charge is 0.483 e. The van der Waals surface area contributed by atoms with Gasteiger partial charge in [0, 0.05) is 0 Å². The normalized spacial score (nSPS) is 11.5. The molecule has 1 atom stereocenters. The van der Waals surface area contributed by atoms with E-state index in [1.54, 1.807) is 26.0 Å². The van der Waals surface area contributed by atoms with Crippen molar-refractivity contribution in [3.63, 3.8) is 0 Å². The first kappa shape index (κ1) is 18.3. The predicted molar refractivity (Wildman–Crippen MR) is 84.3 cm³/mol. The van der Waals surface area contributed by atoms with Crippen molar-refractivity contribution in [2.24, 2.45) is 11.7 Å². The Bertz CT molecular complexity index is 574. The molecule has 0 unspecified atom stereocenters. The van der Waals surface area contributed by atoms with E-state index in [4.69, 9.17) is 10.5 Å². The average Bonchev–Trinajstić information content (AvgIpc) is 2.49. The molecule has 0 aliphatic rings. The maximum absolute atomic E-state index is 11.9. The molecule has 0 bridgehead atoms. The van der Waals surface area contributed by atoms with Gasteiger partial charge in [-0.15, -0.1) is 0 Å². The highest BCUT2D eigenvalue weighted by Gasteiger charge is 2.23. The first-order chi connectivity index (χ1) is 10.8. The second kappa shape index (κ2) is 8.62. The second-order valence-corrected chi connectivity index (χ2v) is 5.32. The molecule has 1 aromatic carbocycles. The third kappa shape index (κ3) is 6.25. The summed E-state index contributed by atoms with van der Waals surface area (Å²) in [6, 6.07) is 5.60. The van der Waals surface area contributed by atoms with Crippen molar-refractivity contribution < 1.29 is 19.1 Å². The Labute approximate surface area is 134 Å². The molecule has 5 N–H and O–H groups in total. The van der Waals surface area contributed by atoms with Crippen LogP contribution in [0.2, 0.25) is 0 Å². The summed E-state index contributed by atoms with van der Waals surface area (Å²) < 4.78 is 5.35. The molecular weight excluding hydrogens is 300 g/mol. The van der Waals surface area contributed by atoms with Gasteiger partial charge >= 0.3 is 6.03 Å². The van der Waals surface area contributed by atoms with E-state index in [1.165, 1.54) is 0 Å². The van der Waals surface area contributed by atoms with Crippen molar-refractivity contribution in [1.82, 2.24) is 16.2 Å². The van der Waals surface area contributed by atoms with Crippen LogP contribution in [0.4, 0.5) is 4.79 Å². The summed E-state index contributed by atoms with van der Waals surface area (Å²) in [6.45, 7) is 5.09. The molecule has 1 aromatic rings. The number of hydrogen-bond donors (Lipinski definition) is 4. The molecule has 0 saturated carbocycles. The average molecular weight is 322 g/mol. The summed E-state index contributed by atoms with van der Waals surface area (Å²) in [5, 5.41) is 2.31. The fourth-order valence-corrected chi connectivity index (χ4v) is 1.80. The lowest BCUT2D eigenvalue weighted by Crippen LogP contribution is -2.55. The van der Waals surface area contributed by atoms with Crippen molar-refractivity contribution in [2.45, 2.75) is 26.8 Å². The topological polar surface area (TPSA) is 123 Å². The molecule has 0 radical (unpaired) electrons. The standard InChI is InChI=1S/C15H22N4O4/c1-9(2)13(17-15(16)22)14(21)19-18-12(20)8-23-11-7-5-4-6-10(11)3/h4-7,9,13H,8H2,1-3H3,(H,18,20)(H,19,21)(H3,16,17,22)/t13-/m0/s1. The third-order valence-electron chi connectivity index (χ3n) is 3.02. The van der Waals surface area contributed by atoms with Gasteiger partial charge in [-0.3, -0.25) is 20.4 Å². The van der Waals surface area contributed by atoms with Crippen LogP contribution in [0, 0.1) is 12.8 Å². The number of aryl methyl sites for hydroxylation is 1. The van der Waals surface area contributed by atoms with E-state index in [9.17, 15) is 14.4 Å². The Morgan fingerprint density at radius 3 is 2.39 bits per heavy atom. The number of carbonyl (C=O) groups excluding carboxylic acids is 3. The number of benzene rings is 1. The van der Waals surface area contributed by atoms with Crippen LogP contribution in [0.25, 0.3) is 0 Å². The van der Waals surface area contributed by atoms with Crippen LogP contribution in [0.5, 0.6) is 5.75 Å². The lowest BCUT2D eigenvalue weighted by molar-refractivity contribution is -0.131. The summed E-state index contributed by atoms with van der Waals surface area (Å²) in [5.41, 5.74) is 10.4. The highest BCUT2D eigenvalue weighted by atomic mass is 16.5. The lowest BCUT2D eigenvalue weighted by Gasteiger charge is -2.20. The van der Waals surface area contributed by atoms with Gasteiger partial charge in [0.05, 0.1) is 0 Å². The number of ether oxygens (including phenoxy) is 1. The van der Waals surface area contributed by atoms with Crippen LogP contribution >= 0.6 is 0 Å². The summed E-state index contributed by atoms with van der Waals surface area (Å²) in [5.74, 6) is -0.696. The van der Waals surface area contributed by atoms with Gasteiger partial charge in [0.2, 0.25) is 0 Å². The summed E-state index contributed by atoms with van der Waals surface area (Å²) in [4.78, 5) is 34.5. The number of nitrogens with one attached hydrogen (secondary N) is 3. The molecule has 0 spiro atoms. The molecule has 8 heteroatoms. The zero-order valence-electron chi connectivity index (χ0n) is 13.4. The minimum atomic E-state index is -0.843. The van der Waals surface area contributed by atoms with Crippen molar-refractivity contribution in [3.05, 3.63) is 29.8 Å². The highest BCUT2D eigenvalue weighted by molar-refractivity contribution is 5.88. The van der Waals surface area contributed by atoms with Gasteiger partial charge in [0.1, 0.15) is 11.8 Å². The molecule has 0 aliphatic heterocycles. The van der Waals surface area contributed by atoms with Gasteiger partial charge in [-0.05, 0) is 24.5 Å². The maximum atomic E-state index is 11.9. The smallest absolute Gasteiger partial charge is 0.312 e. The predicted octanol–water partition coefficient (Wildman–Crippen LogP) is 0.214. The van der Waals surface area contributed by atoms with E-state index in [0.29, 0.717) is 5.75 Å².